The SMILES string of the molecule is CCCCCCCCCCC/C=C\CCCCCOCC(COP(=O)(O)OCC[N+](C)(C)C)OCCCCC/C=C\CCCCCCCCCCC. The van der Waals surface area contributed by atoms with Crippen LogP contribution in [0.25, 0.3) is 0 Å². The summed E-state index contributed by atoms with van der Waals surface area (Å²) < 4.78 is 35.7. The van der Waals surface area contributed by atoms with Gasteiger partial charge in [0.15, 0.2) is 0 Å². The van der Waals surface area contributed by atoms with Gasteiger partial charge < -0.3 is 18.9 Å². The van der Waals surface area contributed by atoms with Gasteiger partial charge in [-0.25, -0.2) is 4.57 Å². The van der Waals surface area contributed by atoms with E-state index in [2.05, 4.69) is 38.2 Å². The number of rotatable bonds is 42. The van der Waals surface area contributed by atoms with E-state index in [0.29, 0.717) is 30.8 Å². The van der Waals surface area contributed by atoms with E-state index in [-0.39, 0.29) is 13.2 Å². The molecule has 1 N–H and O–H groups in total. The minimum Gasteiger partial charge on any atom is -0.379 e. The van der Waals surface area contributed by atoms with Crippen LogP contribution in [0.3, 0.4) is 0 Å². The zero-order chi connectivity index (χ0) is 38.3. The average Bonchev–Trinajstić information content (AvgIpc) is 3.10. The standard InChI is InChI=1S/C44H88NO6P/c1-6-8-10-12-14-16-18-20-22-24-26-28-30-32-34-36-39-48-42-44(43-51-52(46,47)50-41-38-45(3,4)5)49-40-37-35-33-31-29-27-25-23-21-19-17-15-13-11-9-7-2/h26-29,44H,6-25,30-43H2,1-5H3/p+1/b28-26-,29-27-. The summed E-state index contributed by atoms with van der Waals surface area (Å²) in [6, 6.07) is 0. The minimum absolute atomic E-state index is 0.0243. The second-order valence-electron chi connectivity index (χ2n) is 16.1. The molecule has 0 bridgehead atoms. The number of ether oxygens (including phenoxy) is 2. The maximum absolute atomic E-state index is 12.5. The Labute approximate surface area is 324 Å². The fourth-order valence-corrected chi connectivity index (χ4v) is 6.80. The van der Waals surface area contributed by atoms with Gasteiger partial charge in [-0.15, -0.1) is 0 Å². The van der Waals surface area contributed by atoms with Crippen molar-refractivity contribution >= 4 is 7.82 Å². The largest absolute Gasteiger partial charge is 0.472 e. The van der Waals surface area contributed by atoms with Crippen LogP contribution in [-0.4, -0.2) is 76.2 Å². The number of allylic oxidation sites excluding steroid dienone is 4. The first-order valence-corrected chi connectivity index (χ1v) is 23.6. The van der Waals surface area contributed by atoms with E-state index >= 15 is 0 Å². The lowest BCUT2D eigenvalue weighted by atomic mass is 10.1. The van der Waals surface area contributed by atoms with E-state index in [1.165, 1.54) is 135 Å². The molecule has 0 aliphatic rings. The van der Waals surface area contributed by atoms with Crippen molar-refractivity contribution in [2.24, 2.45) is 0 Å². The highest BCUT2D eigenvalue weighted by Gasteiger charge is 2.25. The molecular formula is C44H89NO6P+. The Balaban J connectivity index is 4.14. The summed E-state index contributed by atoms with van der Waals surface area (Å²) in [7, 11) is 1.89. The summed E-state index contributed by atoms with van der Waals surface area (Å²) in [6.45, 7) is 6.89. The number of hydrogen-bond donors (Lipinski definition) is 1. The fourth-order valence-electron chi connectivity index (χ4n) is 6.05. The molecule has 0 aromatic carbocycles. The third-order valence-corrected chi connectivity index (χ3v) is 10.5. The van der Waals surface area contributed by atoms with E-state index in [1.54, 1.807) is 0 Å². The first kappa shape index (κ1) is 51.5. The zero-order valence-corrected chi connectivity index (χ0v) is 36.2. The summed E-state index contributed by atoms with van der Waals surface area (Å²) in [5, 5.41) is 0. The van der Waals surface area contributed by atoms with Gasteiger partial charge in [0.05, 0.1) is 34.4 Å². The zero-order valence-electron chi connectivity index (χ0n) is 35.3. The van der Waals surface area contributed by atoms with Crippen LogP contribution in [0, 0.1) is 0 Å². The first-order chi connectivity index (χ1) is 25.2. The first-order valence-electron chi connectivity index (χ1n) is 22.1. The van der Waals surface area contributed by atoms with E-state index < -0.39 is 13.9 Å². The predicted molar refractivity (Wildman–Crippen MR) is 224 cm³/mol. The second kappa shape index (κ2) is 38.7. The van der Waals surface area contributed by atoms with Crippen LogP contribution in [0.1, 0.15) is 194 Å². The van der Waals surface area contributed by atoms with Crippen molar-refractivity contribution in [3.63, 3.8) is 0 Å². The molecule has 0 aromatic heterocycles. The van der Waals surface area contributed by atoms with Gasteiger partial charge >= 0.3 is 7.82 Å². The highest BCUT2D eigenvalue weighted by molar-refractivity contribution is 7.47. The highest BCUT2D eigenvalue weighted by Crippen LogP contribution is 2.43. The van der Waals surface area contributed by atoms with Crippen molar-refractivity contribution in [1.29, 1.82) is 0 Å². The van der Waals surface area contributed by atoms with Crippen LogP contribution in [0.2, 0.25) is 0 Å². The summed E-state index contributed by atoms with van der Waals surface area (Å²) in [6.07, 6.45) is 45.0. The third-order valence-electron chi connectivity index (χ3n) is 9.55. The molecule has 0 heterocycles. The number of phosphoric ester groups is 1. The van der Waals surface area contributed by atoms with Gasteiger partial charge in [-0.2, -0.15) is 0 Å². The summed E-state index contributed by atoms with van der Waals surface area (Å²) in [5.74, 6) is 0. The Morgan fingerprint density at radius 3 is 1.31 bits per heavy atom. The van der Waals surface area contributed by atoms with Crippen molar-refractivity contribution in [2.75, 3.05) is 60.7 Å². The molecule has 0 aliphatic carbocycles. The molecule has 2 atom stereocenters. The Morgan fingerprint density at radius 2 is 0.885 bits per heavy atom. The Bertz CT molecular complexity index is 830. The van der Waals surface area contributed by atoms with Crippen LogP contribution >= 0.6 is 7.82 Å². The minimum atomic E-state index is -4.15. The Hall–Kier alpha value is -0.530. The van der Waals surface area contributed by atoms with Crippen LogP contribution in [0.15, 0.2) is 24.3 Å². The molecule has 7 nitrogen and oxygen atoms in total. The molecule has 0 spiro atoms. The number of quaternary nitrogens is 1. The molecule has 310 valence electrons. The van der Waals surface area contributed by atoms with Crippen molar-refractivity contribution in [3.8, 4) is 0 Å². The molecule has 0 radical (unpaired) electrons. The molecule has 52 heavy (non-hydrogen) atoms. The topological polar surface area (TPSA) is 74.2 Å². The molecule has 0 aliphatic heterocycles. The van der Waals surface area contributed by atoms with E-state index in [0.717, 1.165) is 44.9 Å². The van der Waals surface area contributed by atoms with Crippen LogP contribution in [0.4, 0.5) is 0 Å². The average molecular weight is 759 g/mol. The molecule has 0 saturated carbocycles. The lowest BCUT2D eigenvalue weighted by molar-refractivity contribution is -0.870. The van der Waals surface area contributed by atoms with E-state index in [1.807, 2.05) is 21.1 Å². The molecule has 2 unspecified atom stereocenters. The van der Waals surface area contributed by atoms with Gasteiger partial charge in [-0.05, 0) is 64.2 Å². The van der Waals surface area contributed by atoms with Crippen LogP contribution < -0.4 is 0 Å². The van der Waals surface area contributed by atoms with E-state index in [9.17, 15) is 9.46 Å². The van der Waals surface area contributed by atoms with Gasteiger partial charge in [-0.3, -0.25) is 9.05 Å². The Morgan fingerprint density at radius 1 is 0.500 bits per heavy atom. The molecule has 0 saturated heterocycles. The number of likely N-dealkylation sites (N-methyl/N-ethyl adjacent to an activating group) is 1. The molecule has 0 rings (SSSR count). The summed E-state index contributed by atoms with van der Waals surface area (Å²) in [4.78, 5) is 10.2. The molecule has 0 fully saturated rings. The lowest BCUT2D eigenvalue weighted by Crippen LogP contribution is -2.37. The number of hydrogen-bond acceptors (Lipinski definition) is 5. The van der Waals surface area contributed by atoms with Crippen LogP contribution in [-0.2, 0) is 23.1 Å². The van der Waals surface area contributed by atoms with Crippen molar-refractivity contribution < 1.29 is 32.5 Å². The smallest absolute Gasteiger partial charge is 0.379 e. The molecular weight excluding hydrogens is 669 g/mol. The van der Waals surface area contributed by atoms with Gasteiger partial charge in [-0.1, -0.05) is 154 Å². The lowest BCUT2D eigenvalue weighted by Gasteiger charge is -2.24. The van der Waals surface area contributed by atoms with Gasteiger partial charge in [0.1, 0.15) is 19.3 Å². The maximum Gasteiger partial charge on any atom is 0.472 e. The number of unbranched alkanes of at least 4 members (excludes halogenated alkanes) is 24. The quantitative estimate of drug-likeness (QED) is 0.0289. The highest BCUT2D eigenvalue weighted by atomic mass is 31.2. The van der Waals surface area contributed by atoms with Crippen molar-refractivity contribution in [2.45, 2.75) is 200 Å². The predicted octanol–water partition coefficient (Wildman–Crippen LogP) is 13.3. The maximum atomic E-state index is 12.5. The summed E-state index contributed by atoms with van der Waals surface area (Å²) in [5.41, 5.74) is 0. The third kappa shape index (κ3) is 42.2. The van der Waals surface area contributed by atoms with Crippen LogP contribution in [0.5, 0.6) is 0 Å². The summed E-state index contributed by atoms with van der Waals surface area (Å²) >= 11 is 0. The molecule has 8 heteroatoms. The van der Waals surface area contributed by atoms with Gasteiger partial charge in [0, 0.05) is 13.2 Å². The van der Waals surface area contributed by atoms with E-state index in [4.69, 9.17) is 18.5 Å². The monoisotopic (exact) mass is 759 g/mol. The number of phosphoric acid groups is 1. The normalized spacial score (nSPS) is 14.2. The Kier molecular flexibility index (Phi) is 38.3. The van der Waals surface area contributed by atoms with Crippen molar-refractivity contribution in [1.82, 2.24) is 0 Å². The van der Waals surface area contributed by atoms with Crippen molar-refractivity contribution in [3.05, 3.63) is 24.3 Å². The fraction of sp³-hybridized carbons (Fsp3) is 0.909. The molecule has 0 amide bonds. The number of nitrogens with zero attached hydrogens (tertiary/aromatic N) is 1. The second-order valence-corrected chi connectivity index (χ2v) is 17.5. The van der Waals surface area contributed by atoms with Gasteiger partial charge in [0.25, 0.3) is 0 Å². The van der Waals surface area contributed by atoms with Gasteiger partial charge in [0.2, 0.25) is 0 Å². The molecule has 0 aromatic rings.